The van der Waals surface area contributed by atoms with E-state index in [-0.39, 0.29) is 10.6 Å². The van der Waals surface area contributed by atoms with Crippen molar-refractivity contribution in [1.82, 2.24) is 4.31 Å². The molecule has 0 amide bonds. The van der Waals surface area contributed by atoms with Gasteiger partial charge < -0.3 is 5.73 Å². The molecule has 0 radical (unpaired) electrons. The number of hydrogen-bond donors (Lipinski definition) is 1. The predicted octanol–water partition coefficient (Wildman–Crippen LogP) is 2.52. The van der Waals surface area contributed by atoms with Crippen LogP contribution in [0.1, 0.15) is 12.0 Å². The number of nitrogens with zero attached hydrogens (tertiary/aromatic N) is 1. The summed E-state index contributed by atoms with van der Waals surface area (Å²) >= 11 is 0. The summed E-state index contributed by atoms with van der Waals surface area (Å²) in [6.07, 6.45) is 1.62. The minimum atomic E-state index is -3.52. The van der Waals surface area contributed by atoms with E-state index in [1.54, 1.807) is 31.3 Å². The van der Waals surface area contributed by atoms with E-state index in [9.17, 15) is 8.42 Å². The third-order valence-corrected chi connectivity index (χ3v) is 5.32. The molecule has 2 rings (SSSR count). The largest absolute Gasteiger partial charge is 0.398 e. The first-order valence-corrected chi connectivity index (χ1v) is 8.30. The molecule has 0 atom stereocenters. The molecule has 2 N–H and O–H groups in total. The van der Waals surface area contributed by atoms with E-state index >= 15 is 0 Å². The lowest BCUT2D eigenvalue weighted by Gasteiger charge is -2.18. The maximum atomic E-state index is 12.4. The Kier molecular flexibility index (Phi) is 4.98. The van der Waals surface area contributed by atoms with Crippen LogP contribution in [-0.2, 0) is 16.4 Å². The Bertz CT molecular complexity index is 684. The maximum Gasteiger partial charge on any atom is 0.244 e. The number of anilines is 1. The van der Waals surface area contributed by atoms with Gasteiger partial charge in [-0.2, -0.15) is 0 Å². The van der Waals surface area contributed by atoms with Crippen molar-refractivity contribution in [1.29, 1.82) is 0 Å². The number of rotatable bonds is 6. The molecule has 0 saturated heterocycles. The number of nitrogen functional groups attached to an aromatic ring is 1. The van der Waals surface area contributed by atoms with E-state index in [0.717, 1.165) is 12.8 Å². The molecule has 2 aromatic rings. The van der Waals surface area contributed by atoms with E-state index in [2.05, 4.69) is 0 Å². The monoisotopic (exact) mass is 304 g/mol. The van der Waals surface area contributed by atoms with E-state index in [0.29, 0.717) is 6.54 Å². The fourth-order valence-electron chi connectivity index (χ4n) is 2.15. The second-order valence-electron chi connectivity index (χ2n) is 4.95. The highest BCUT2D eigenvalue weighted by molar-refractivity contribution is 7.89. The van der Waals surface area contributed by atoms with E-state index in [1.807, 2.05) is 30.3 Å². The van der Waals surface area contributed by atoms with Crippen LogP contribution in [0.25, 0.3) is 0 Å². The Morgan fingerprint density at radius 1 is 1.00 bits per heavy atom. The summed E-state index contributed by atoms with van der Waals surface area (Å²) in [5.41, 5.74) is 7.25. The SMILES string of the molecule is CN(CCCc1ccccc1)S(=O)(=O)c1ccccc1N. The number of aryl methyl sites for hydroxylation is 1. The second kappa shape index (κ2) is 6.74. The average Bonchev–Trinajstić information content (AvgIpc) is 2.48. The number of benzene rings is 2. The molecule has 21 heavy (non-hydrogen) atoms. The van der Waals surface area contributed by atoms with Crippen molar-refractivity contribution in [3.05, 3.63) is 60.2 Å². The quantitative estimate of drug-likeness (QED) is 0.834. The molecule has 0 aliphatic rings. The Morgan fingerprint density at radius 2 is 1.62 bits per heavy atom. The van der Waals surface area contributed by atoms with Crippen LogP contribution in [0, 0.1) is 0 Å². The van der Waals surface area contributed by atoms with Gasteiger partial charge in [0, 0.05) is 13.6 Å². The summed E-state index contributed by atoms with van der Waals surface area (Å²) in [6.45, 7) is 0.464. The molecule has 0 aliphatic heterocycles. The zero-order valence-corrected chi connectivity index (χ0v) is 12.9. The summed E-state index contributed by atoms with van der Waals surface area (Å²) in [4.78, 5) is 0.173. The zero-order chi connectivity index (χ0) is 15.3. The molecule has 112 valence electrons. The van der Waals surface area contributed by atoms with Crippen LogP contribution < -0.4 is 5.73 Å². The van der Waals surface area contributed by atoms with E-state index in [4.69, 9.17) is 5.73 Å². The van der Waals surface area contributed by atoms with Gasteiger partial charge in [-0.25, -0.2) is 12.7 Å². The second-order valence-corrected chi connectivity index (χ2v) is 6.97. The van der Waals surface area contributed by atoms with Crippen LogP contribution in [0.15, 0.2) is 59.5 Å². The average molecular weight is 304 g/mol. The number of hydrogen-bond acceptors (Lipinski definition) is 3. The standard InChI is InChI=1S/C16H20N2O2S/c1-18(13-7-10-14-8-3-2-4-9-14)21(19,20)16-12-6-5-11-15(16)17/h2-6,8-9,11-12H,7,10,13,17H2,1H3. The lowest BCUT2D eigenvalue weighted by Crippen LogP contribution is -2.28. The van der Waals surface area contributed by atoms with Gasteiger partial charge in [-0.1, -0.05) is 42.5 Å². The minimum Gasteiger partial charge on any atom is -0.398 e. The van der Waals surface area contributed by atoms with Gasteiger partial charge in [-0.05, 0) is 30.5 Å². The summed E-state index contributed by atoms with van der Waals surface area (Å²) in [5, 5.41) is 0. The summed E-state index contributed by atoms with van der Waals surface area (Å²) in [5.74, 6) is 0. The first-order chi connectivity index (χ1) is 10.0. The highest BCUT2D eigenvalue weighted by Crippen LogP contribution is 2.21. The lowest BCUT2D eigenvalue weighted by molar-refractivity contribution is 0.461. The topological polar surface area (TPSA) is 63.4 Å². The fourth-order valence-corrected chi connectivity index (χ4v) is 3.48. The van der Waals surface area contributed by atoms with Crippen molar-refractivity contribution >= 4 is 15.7 Å². The highest BCUT2D eigenvalue weighted by atomic mass is 32.2. The summed E-state index contributed by atoms with van der Waals surface area (Å²) < 4.78 is 26.2. The number of nitrogens with two attached hydrogens (primary N) is 1. The molecule has 0 saturated carbocycles. The van der Waals surface area contributed by atoms with Crippen molar-refractivity contribution in [2.24, 2.45) is 0 Å². The van der Waals surface area contributed by atoms with Crippen LogP contribution in [0.5, 0.6) is 0 Å². The normalized spacial score (nSPS) is 11.7. The van der Waals surface area contributed by atoms with Gasteiger partial charge in [-0.15, -0.1) is 0 Å². The van der Waals surface area contributed by atoms with Gasteiger partial charge in [0.25, 0.3) is 0 Å². The van der Waals surface area contributed by atoms with Crippen molar-refractivity contribution in [3.63, 3.8) is 0 Å². The highest BCUT2D eigenvalue weighted by Gasteiger charge is 2.22. The van der Waals surface area contributed by atoms with Crippen molar-refractivity contribution in [2.75, 3.05) is 19.3 Å². The first kappa shape index (κ1) is 15.5. The van der Waals surface area contributed by atoms with Crippen LogP contribution >= 0.6 is 0 Å². The van der Waals surface area contributed by atoms with Gasteiger partial charge in [0.2, 0.25) is 10.0 Å². The molecular formula is C16H20N2O2S. The number of sulfonamides is 1. The molecule has 0 aromatic heterocycles. The molecule has 0 spiro atoms. The van der Waals surface area contributed by atoms with Gasteiger partial charge in [-0.3, -0.25) is 0 Å². The van der Waals surface area contributed by atoms with Crippen molar-refractivity contribution in [3.8, 4) is 0 Å². The third kappa shape index (κ3) is 3.83. The van der Waals surface area contributed by atoms with E-state index in [1.165, 1.54) is 9.87 Å². The molecule has 0 heterocycles. The van der Waals surface area contributed by atoms with Crippen LogP contribution in [-0.4, -0.2) is 26.3 Å². The molecule has 4 nitrogen and oxygen atoms in total. The molecule has 0 fully saturated rings. The van der Waals surface area contributed by atoms with Crippen LogP contribution in [0.3, 0.4) is 0 Å². The zero-order valence-electron chi connectivity index (χ0n) is 12.1. The van der Waals surface area contributed by atoms with E-state index < -0.39 is 10.0 Å². The Labute approximate surface area is 126 Å². The molecule has 0 unspecified atom stereocenters. The van der Waals surface area contributed by atoms with Crippen molar-refractivity contribution < 1.29 is 8.42 Å². The number of para-hydroxylation sites is 1. The maximum absolute atomic E-state index is 12.4. The predicted molar refractivity (Wildman–Crippen MR) is 85.4 cm³/mol. The molecule has 2 aromatic carbocycles. The molecule has 0 aliphatic carbocycles. The van der Waals surface area contributed by atoms with Gasteiger partial charge in [0.1, 0.15) is 4.90 Å². The third-order valence-electron chi connectivity index (χ3n) is 3.39. The fraction of sp³-hybridized carbons (Fsp3) is 0.250. The molecule has 0 bridgehead atoms. The Hall–Kier alpha value is -1.85. The molecule has 5 heteroatoms. The smallest absolute Gasteiger partial charge is 0.244 e. The van der Waals surface area contributed by atoms with Crippen LogP contribution in [0.4, 0.5) is 5.69 Å². The summed E-state index contributed by atoms with van der Waals surface area (Å²) in [6, 6.07) is 16.6. The molecular weight excluding hydrogens is 284 g/mol. The lowest BCUT2D eigenvalue weighted by atomic mass is 10.1. The Morgan fingerprint density at radius 3 is 2.29 bits per heavy atom. The van der Waals surface area contributed by atoms with Gasteiger partial charge in [0.05, 0.1) is 5.69 Å². The van der Waals surface area contributed by atoms with Gasteiger partial charge in [0.15, 0.2) is 0 Å². The van der Waals surface area contributed by atoms with Crippen LogP contribution in [0.2, 0.25) is 0 Å². The van der Waals surface area contributed by atoms with Crippen molar-refractivity contribution in [2.45, 2.75) is 17.7 Å². The van der Waals surface area contributed by atoms with Gasteiger partial charge >= 0.3 is 0 Å². The Balaban J connectivity index is 2.00. The minimum absolute atomic E-state index is 0.173. The first-order valence-electron chi connectivity index (χ1n) is 6.86. The summed E-state index contributed by atoms with van der Waals surface area (Å²) in [7, 11) is -1.93.